The highest BCUT2D eigenvalue weighted by molar-refractivity contribution is 7.80. The minimum Gasteiger partial charge on any atom is -0.362 e. The van der Waals surface area contributed by atoms with Crippen LogP contribution in [0.3, 0.4) is 0 Å². The molecule has 0 radical (unpaired) electrons. The van der Waals surface area contributed by atoms with Gasteiger partial charge in [0, 0.05) is 19.6 Å². The van der Waals surface area contributed by atoms with Crippen LogP contribution in [0.1, 0.15) is 39.5 Å². The molecule has 0 aromatic rings. The third-order valence-corrected chi connectivity index (χ3v) is 4.49. The molecule has 0 aliphatic carbocycles. The summed E-state index contributed by atoms with van der Waals surface area (Å²) in [6.07, 6.45) is 5.02. The van der Waals surface area contributed by atoms with Crippen LogP contribution in [0.5, 0.6) is 0 Å². The van der Waals surface area contributed by atoms with Crippen molar-refractivity contribution in [2.24, 2.45) is 0 Å². The number of guanidine groups is 1. The highest BCUT2D eigenvalue weighted by Gasteiger charge is 2.09. The Morgan fingerprint density at radius 3 is 2.43 bits per heavy atom. The first-order valence-corrected chi connectivity index (χ1v) is 9.38. The van der Waals surface area contributed by atoms with Crippen molar-refractivity contribution in [2.45, 2.75) is 39.5 Å². The summed E-state index contributed by atoms with van der Waals surface area (Å²) in [5.74, 6) is 0.281. The van der Waals surface area contributed by atoms with Crippen molar-refractivity contribution >= 4 is 23.3 Å². The van der Waals surface area contributed by atoms with E-state index in [4.69, 9.17) is 17.6 Å². The number of hydrogen-bond acceptors (Lipinski definition) is 4. The van der Waals surface area contributed by atoms with E-state index in [0.29, 0.717) is 5.11 Å². The molecule has 1 aliphatic heterocycles. The van der Waals surface area contributed by atoms with Crippen molar-refractivity contribution < 1.29 is 0 Å². The largest absolute Gasteiger partial charge is 0.362 e. The number of hydrogen-bond donors (Lipinski definition) is 4. The van der Waals surface area contributed by atoms with E-state index in [0.717, 1.165) is 45.7 Å². The Labute approximate surface area is 146 Å². The van der Waals surface area contributed by atoms with Gasteiger partial charge in [-0.05, 0) is 64.2 Å². The molecule has 1 fully saturated rings. The molecular weight excluding hydrogens is 308 g/mol. The number of piperidine rings is 1. The van der Waals surface area contributed by atoms with Gasteiger partial charge in [-0.3, -0.25) is 5.41 Å². The number of nitrogens with zero attached hydrogens (tertiary/aromatic N) is 2. The Hall–Kier alpha value is -0.920. The number of nitrogens with one attached hydrogen (secondary N) is 4. The van der Waals surface area contributed by atoms with E-state index in [-0.39, 0.29) is 5.96 Å². The molecule has 23 heavy (non-hydrogen) atoms. The van der Waals surface area contributed by atoms with Gasteiger partial charge in [0.15, 0.2) is 11.1 Å². The minimum absolute atomic E-state index is 0.281. The van der Waals surface area contributed by atoms with Crippen molar-refractivity contribution in [1.82, 2.24) is 25.8 Å². The van der Waals surface area contributed by atoms with Crippen LogP contribution in [0.4, 0.5) is 0 Å². The summed E-state index contributed by atoms with van der Waals surface area (Å²) in [4.78, 5) is 4.84. The Morgan fingerprint density at radius 1 is 1.09 bits per heavy atom. The van der Waals surface area contributed by atoms with Gasteiger partial charge in [0.2, 0.25) is 0 Å². The zero-order valence-electron chi connectivity index (χ0n) is 14.8. The van der Waals surface area contributed by atoms with Crippen LogP contribution >= 0.6 is 12.2 Å². The number of rotatable bonds is 9. The van der Waals surface area contributed by atoms with Crippen molar-refractivity contribution in [3.05, 3.63) is 0 Å². The molecule has 0 spiro atoms. The summed E-state index contributed by atoms with van der Waals surface area (Å²) < 4.78 is 0. The van der Waals surface area contributed by atoms with Crippen LogP contribution in [-0.2, 0) is 0 Å². The summed E-state index contributed by atoms with van der Waals surface area (Å²) in [7, 11) is 0. The van der Waals surface area contributed by atoms with E-state index in [1.165, 1.54) is 32.4 Å². The first-order valence-electron chi connectivity index (χ1n) is 8.97. The molecule has 1 aliphatic rings. The summed E-state index contributed by atoms with van der Waals surface area (Å²) in [5, 5.41) is 17.5. The maximum Gasteiger partial charge on any atom is 0.194 e. The Balaban J connectivity index is 2.01. The molecule has 6 nitrogen and oxygen atoms in total. The van der Waals surface area contributed by atoms with Crippen LogP contribution in [0.25, 0.3) is 0 Å². The maximum atomic E-state index is 7.87. The van der Waals surface area contributed by atoms with Crippen LogP contribution in [-0.4, -0.2) is 73.2 Å². The lowest BCUT2D eigenvalue weighted by Gasteiger charge is -2.26. The van der Waals surface area contributed by atoms with Crippen LogP contribution < -0.4 is 16.0 Å². The second-order valence-electron chi connectivity index (χ2n) is 5.97. The lowest BCUT2D eigenvalue weighted by molar-refractivity contribution is 0.232. The van der Waals surface area contributed by atoms with Gasteiger partial charge in [0.1, 0.15) is 0 Å². The highest BCUT2D eigenvalue weighted by atomic mass is 32.1. The molecule has 0 amide bonds. The topological polar surface area (TPSA) is 66.4 Å². The Bertz CT molecular complexity index is 339. The summed E-state index contributed by atoms with van der Waals surface area (Å²) in [6, 6.07) is 0. The molecule has 0 aromatic carbocycles. The third-order valence-electron chi connectivity index (χ3n) is 4.25. The molecule has 1 heterocycles. The van der Waals surface area contributed by atoms with Gasteiger partial charge in [-0.1, -0.05) is 20.3 Å². The van der Waals surface area contributed by atoms with E-state index in [2.05, 4.69) is 39.6 Å². The fourth-order valence-corrected chi connectivity index (χ4v) is 2.97. The predicted molar refractivity (Wildman–Crippen MR) is 102 cm³/mol. The van der Waals surface area contributed by atoms with Gasteiger partial charge in [-0.25, -0.2) is 0 Å². The van der Waals surface area contributed by atoms with Gasteiger partial charge in [0.25, 0.3) is 0 Å². The maximum absolute atomic E-state index is 7.87. The van der Waals surface area contributed by atoms with E-state index >= 15 is 0 Å². The quantitative estimate of drug-likeness (QED) is 0.218. The van der Waals surface area contributed by atoms with Crippen LogP contribution in [0.15, 0.2) is 0 Å². The first-order chi connectivity index (χ1) is 11.2. The van der Waals surface area contributed by atoms with E-state index in [9.17, 15) is 0 Å². The summed E-state index contributed by atoms with van der Waals surface area (Å²) in [6.45, 7) is 12.6. The smallest absolute Gasteiger partial charge is 0.194 e. The minimum atomic E-state index is 0.281. The second kappa shape index (κ2) is 12.5. The SMILES string of the molecule is CCN(CC)CCCNC(=S)NC(=N)NCCN1CCCCC1. The summed E-state index contributed by atoms with van der Waals surface area (Å²) in [5.41, 5.74) is 0. The molecule has 7 heteroatoms. The average molecular weight is 343 g/mol. The molecule has 0 atom stereocenters. The van der Waals surface area contributed by atoms with Crippen LogP contribution in [0, 0.1) is 5.41 Å². The van der Waals surface area contributed by atoms with Crippen LogP contribution in [0.2, 0.25) is 0 Å². The normalized spacial score (nSPS) is 15.4. The summed E-state index contributed by atoms with van der Waals surface area (Å²) >= 11 is 5.21. The first kappa shape index (κ1) is 20.1. The van der Waals surface area contributed by atoms with Gasteiger partial charge in [-0.15, -0.1) is 0 Å². The third kappa shape index (κ3) is 9.73. The highest BCUT2D eigenvalue weighted by Crippen LogP contribution is 2.07. The van der Waals surface area contributed by atoms with Crippen molar-refractivity contribution in [1.29, 1.82) is 5.41 Å². The second-order valence-corrected chi connectivity index (χ2v) is 6.37. The van der Waals surface area contributed by atoms with E-state index in [1.54, 1.807) is 0 Å². The monoisotopic (exact) mass is 342 g/mol. The molecule has 0 bridgehead atoms. The molecule has 0 aromatic heterocycles. The fraction of sp³-hybridized carbons (Fsp3) is 0.875. The predicted octanol–water partition coefficient (Wildman–Crippen LogP) is 1.19. The van der Waals surface area contributed by atoms with Gasteiger partial charge >= 0.3 is 0 Å². The van der Waals surface area contributed by atoms with Gasteiger partial charge in [0.05, 0.1) is 0 Å². The van der Waals surface area contributed by atoms with Crippen molar-refractivity contribution in [3.8, 4) is 0 Å². The number of likely N-dealkylation sites (tertiary alicyclic amines) is 1. The standard InChI is InChI=1S/C16H34N6S/c1-3-21(4-2)13-8-9-19-16(23)20-15(17)18-10-14-22-11-6-5-7-12-22/h3-14H2,1-2H3,(H4,17,18,19,20,23). The van der Waals surface area contributed by atoms with Gasteiger partial charge in [-0.2, -0.15) is 0 Å². The Kier molecular flexibility index (Phi) is 10.9. The zero-order valence-corrected chi connectivity index (χ0v) is 15.6. The molecule has 134 valence electrons. The average Bonchev–Trinajstić information content (AvgIpc) is 2.56. The van der Waals surface area contributed by atoms with Crippen molar-refractivity contribution in [2.75, 3.05) is 52.4 Å². The molecule has 4 N–H and O–H groups in total. The molecule has 0 unspecified atom stereocenters. The molecule has 0 saturated carbocycles. The molecule has 1 saturated heterocycles. The van der Waals surface area contributed by atoms with Gasteiger partial charge < -0.3 is 25.8 Å². The lowest BCUT2D eigenvalue weighted by atomic mass is 10.1. The molecular formula is C16H34N6S. The van der Waals surface area contributed by atoms with E-state index in [1.807, 2.05) is 0 Å². The van der Waals surface area contributed by atoms with Crippen molar-refractivity contribution in [3.63, 3.8) is 0 Å². The molecule has 1 rings (SSSR count). The van der Waals surface area contributed by atoms with E-state index < -0.39 is 0 Å². The fourth-order valence-electron chi connectivity index (χ4n) is 2.77. The lowest BCUT2D eigenvalue weighted by Crippen LogP contribution is -2.47. The number of thiocarbonyl (C=S) groups is 1. The zero-order chi connectivity index (χ0) is 16.9. The Morgan fingerprint density at radius 2 is 1.78 bits per heavy atom.